The fraction of sp³-hybridized carbons (Fsp3) is 0.652. The fourth-order valence-electron chi connectivity index (χ4n) is 4.72. The minimum Gasteiger partial charge on any atom is -0.486 e. The summed E-state index contributed by atoms with van der Waals surface area (Å²) < 4.78 is 6.01. The van der Waals surface area contributed by atoms with E-state index in [4.69, 9.17) is 4.74 Å². The fourth-order valence-corrected chi connectivity index (χ4v) is 4.72. The first kappa shape index (κ1) is 21.0. The van der Waals surface area contributed by atoms with Crippen LogP contribution < -0.4 is 9.64 Å². The number of piperidine rings is 1. The number of nitrogens with zero attached hydrogens (tertiary/aromatic N) is 4. The van der Waals surface area contributed by atoms with Crippen LogP contribution in [0.5, 0.6) is 5.75 Å². The third kappa shape index (κ3) is 4.26. The van der Waals surface area contributed by atoms with Crippen LogP contribution in [0.3, 0.4) is 0 Å². The molecule has 3 aliphatic rings. The first-order valence-corrected chi connectivity index (χ1v) is 11.4. The highest BCUT2D eigenvalue weighted by atomic mass is 16.5. The third-order valence-corrected chi connectivity index (χ3v) is 6.77. The highest BCUT2D eigenvalue weighted by Crippen LogP contribution is 2.35. The topological polar surface area (TPSA) is 56.3 Å². The van der Waals surface area contributed by atoms with Gasteiger partial charge in [-0.15, -0.1) is 0 Å². The monoisotopic (exact) mass is 414 g/mol. The van der Waals surface area contributed by atoms with Crippen molar-refractivity contribution in [1.29, 1.82) is 0 Å². The zero-order valence-corrected chi connectivity index (χ0v) is 18.3. The molecular weight excluding hydrogens is 380 g/mol. The summed E-state index contributed by atoms with van der Waals surface area (Å²) in [7, 11) is 0. The molecule has 164 valence electrons. The minimum atomic E-state index is 0.0183. The highest BCUT2D eigenvalue weighted by molar-refractivity contribution is 5.94. The van der Waals surface area contributed by atoms with Crippen LogP contribution in [0.1, 0.15) is 33.1 Å². The number of carbonyl (C=O) groups excluding carboxylic acids is 2. The molecule has 1 aromatic rings. The Morgan fingerprint density at radius 1 is 0.967 bits per heavy atom. The second-order valence-electron chi connectivity index (χ2n) is 8.53. The minimum absolute atomic E-state index is 0.0183. The molecule has 2 saturated heterocycles. The number of urea groups is 1. The van der Waals surface area contributed by atoms with E-state index in [-0.39, 0.29) is 24.0 Å². The van der Waals surface area contributed by atoms with E-state index in [9.17, 15) is 9.59 Å². The maximum Gasteiger partial charge on any atom is 0.324 e. The van der Waals surface area contributed by atoms with Gasteiger partial charge in [-0.2, -0.15) is 0 Å². The molecule has 0 spiro atoms. The summed E-state index contributed by atoms with van der Waals surface area (Å²) in [6, 6.07) is 7.80. The second-order valence-corrected chi connectivity index (χ2v) is 8.53. The van der Waals surface area contributed by atoms with Crippen LogP contribution in [0.25, 0.3) is 0 Å². The molecule has 7 heteroatoms. The van der Waals surface area contributed by atoms with Crippen LogP contribution in [0.15, 0.2) is 24.3 Å². The van der Waals surface area contributed by atoms with Crippen molar-refractivity contribution in [3.63, 3.8) is 0 Å². The van der Waals surface area contributed by atoms with Gasteiger partial charge in [-0.3, -0.25) is 9.69 Å². The van der Waals surface area contributed by atoms with Crippen molar-refractivity contribution in [2.24, 2.45) is 5.92 Å². The number of anilines is 1. The normalized spacial score (nSPS) is 23.1. The number of ether oxygens (including phenoxy) is 1. The lowest BCUT2D eigenvalue weighted by Gasteiger charge is -2.41. The van der Waals surface area contributed by atoms with Gasteiger partial charge in [0.05, 0.1) is 12.2 Å². The maximum absolute atomic E-state index is 13.3. The van der Waals surface area contributed by atoms with Gasteiger partial charge in [0, 0.05) is 45.2 Å². The van der Waals surface area contributed by atoms with Crippen LogP contribution >= 0.6 is 0 Å². The van der Waals surface area contributed by atoms with Gasteiger partial charge >= 0.3 is 6.03 Å². The van der Waals surface area contributed by atoms with Gasteiger partial charge in [0.25, 0.3) is 0 Å². The molecule has 0 radical (unpaired) electrons. The second kappa shape index (κ2) is 9.25. The number of hydrogen-bond acceptors (Lipinski definition) is 4. The van der Waals surface area contributed by atoms with Gasteiger partial charge < -0.3 is 19.4 Å². The lowest BCUT2D eigenvalue weighted by Crippen LogP contribution is -2.54. The molecular formula is C23H34N4O3. The Labute approximate surface area is 179 Å². The molecule has 7 nitrogen and oxygen atoms in total. The van der Waals surface area contributed by atoms with Crippen LogP contribution in [0, 0.1) is 5.92 Å². The molecule has 0 saturated carbocycles. The predicted molar refractivity (Wildman–Crippen MR) is 117 cm³/mol. The van der Waals surface area contributed by atoms with E-state index in [0.29, 0.717) is 19.6 Å². The first-order valence-electron chi connectivity index (χ1n) is 11.4. The molecule has 30 heavy (non-hydrogen) atoms. The summed E-state index contributed by atoms with van der Waals surface area (Å²) >= 11 is 0. The van der Waals surface area contributed by atoms with Crippen LogP contribution in [0.2, 0.25) is 0 Å². The smallest absolute Gasteiger partial charge is 0.324 e. The number of para-hydroxylation sites is 2. The van der Waals surface area contributed by atoms with Crippen molar-refractivity contribution >= 4 is 17.6 Å². The molecule has 3 aliphatic heterocycles. The van der Waals surface area contributed by atoms with E-state index in [1.165, 1.54) is 0 Å². The molecule has 0 unspecified atom stereocenters. The van der Waals surface area contributed by atoms with Crippen molar-refractivity contribution in [3.8, 4) is 5.75 Å². The first-order chi connectivity index (χ1) is 14.6. The average Bonchev–Trinajstić information content (AvgIpc) is 2.82. The van der Waals surface area contributed by atoms with E-state index in [1.807, 2.05) is 39.0 Å². The van der Waals surface area contributed by atoms with E-state index >= 15 is 0 Å². The van der Waals surface area contributed by atoms with Gasteiger partial charge in [-0.25, -0.2) is 4.79 Å². The van der Waals surface area contributed by atoms with Crippen molar-refractivity contribution in [1.82, 2.24) is 14.7 Å². The van der Waals surface area contributed by atoms with Crippen molar-refractivity contribution < 1.29 is 14.3 Å². The van der Waals surface area contributed by atoms with Gasteiger partial charge in [0.15, 0.2) is 0 Å². The maximum atomic E-state index is 13.3. The zero-order valence-electron chi connectivity index (χ0n) is 18.3. The summed E-state index contributed by atoms with van der Waals surface area (Å²) in [6.45, 7) is 10.7. The number of carbonyl (C=O) groups is 2. The molecule has 1 atom stereocenters. The van der Waals surface area contributed by atoms with Crippen molar-refractivity contribution in [2.75, 3.05) is 57.3 Å². The molecule has 0 N–H and O–H groups in total. The summed E-state index contributed by atoms with van der Waals surface area (Å²) in [4.78, 5) is 34.4. The third-order valence-electron chi connectivity index (χ3n) is 6.77. The SMILES string of the molecule is CC[C@@H]1CN(C(=O)N2CCC(C(=O)N3CCN(CC)CC3)CC2)c2ccccc2O1. The molecule has 4 rings (SSSR count). The number of hydrogen-bond donors (Lipinski definition) is 0. The summed E-state index contributed by atoms with van der Waals surface area (Å²) in [5.74, 6) is 1.10. The number of fused-ring (bicyclic) bond motifs is 1. The van der Waals surface area contributed by atoms with Crippen molar-refractivity contribution in [3.05, 3.63) is 24.3 Å². The Morgan fingerprint density at radius 2 is 1.67 bits per heavy atom. The van der Waals surface area contributed by atoms with E-state index in [2.05, 4.69) is 18.7 Å². The lowest BCUT2D eigenvalue weighted by atomic mass is 9.95. The Morgan fingerprint density at radius 3 is 2.33 bits per heavy atom. The Kier molecular flexibility index (Phi) is 6.46. The Bertz CT molecular complexity index is 755. The summed E-state index contributed by atoms with van der Waals surface area (Å²) in [5, 5.41) is 0. The number of amides is 3. The van der Waals surface area contributed by atoms with Gasteiger partial charge in [0.2, 0.25) is 5.91 Å². The number of rotatable bonds is 3. The van der Waals surface area contributed by atoms with Crippen LogP contribution in [-0.4, -0.2) is 85.1 Å². The zero-order chi connectivity index (χ0) is 21.1. The summed E-state index contributed by atoms with van der Waals surface area (Å²) in [5.41, 5.74) is 0.846. The highest BCUT2D eigenvalue weighted by Gasteiger charge is 2.35. The number of likely N-dealkylation sites (N-methyl/N-ethyl adjacent to an activating group) is 1. The quantitative estimate of drug-likeness (QED) is 0.763. The van der Waals surface area contributed by atoms with Gasteiger partial charge in [-0.1, -0.05) is 26.0 Å². The molecule has 0 bridgehead atoms. The standard InChI is InChI=1S/C23H34N4O3/c1-3-19-17-27(20-7-5-6-8-21(20)30-19)23(29)26-11-9-18(10-12-26)22(28)25-15-13-24(4-2)14-16-25/h5-8,18-19H,3-4,9-17H2,1-2H3/t19-/m1/s1. The largest absolute Gasteiger partial charge is 0.486 e. The van der Waals surface area contributed by atoms with E-state index in [0.717, 1.165) is 63.4 Å². The summed E-state index contributed by atoms with van der Waals surface area (Å²) in [6.07, 6.45) is 2.38. The molecule has 1 aromatic carbocycles. The molecule has 3 amide bonds. The number of benzene rings is 1. The van der Waals surface area contributed by atoms with E-state index < -0.39 is 0 Å². The Hall–Kier alpha value is -2.28. The molecule has 0 aliphatic carbocycles. The predicted octanol–water partition coefficient (Wildman–Crippen LogP) is 2.66. The van der Waals surface area contributed by atoms with Crippen molar-refractivity contribution in [2.45, 2.75) is 39.2 Å². The van der Waals surface area contributed by atoms with Gasteiger partial charge in [-0.05, 0) is 37.9 Å². The Balaban J connectivity index is 1.35. The van der Waals surface area contributed by atoms with Crippen LogP contribution in [0.4, 0.5) is 10.5 Å². The average molecular weight is 415 g/mol. The number of likely N-dealkylation sites (tertiary alicyclic amines) is 1. The number of piperazine rings is 1. The van der Waals surface area contributed by atoms with E-state index in [1.54, 1.807) is 0 Å². The molecule has 0 aromatic heterocycles. The van der Waals surface area contributed by atoms with Crippen LogP contribution in [-0.2, 0) is 4.79 Å². The molecule has 3 heterocycles. The lowest BCUT2D eigenvalue weighted by molar-refractivity contribution is -0.138. The van der Waals surface area contributed by atoms with Gasteiger partial charge in [0.1, 0.15) is 11.9 Å². The molecule has 2 fully saturated rings.